The van der Waals surface area contributed by atoms with Crippen LogP contribution < -0.4 is 5.32 Å². The highest BCUT2D eigenvalue weighted by atomic mass is 35.5. The molecule has 82 valence electrons. The van der Waals surface area contributed by atoms with Crippen molar-refractivity contribution in [3.8, 4) is 0 Å². The van der Waals surface area contributed by atoms with Gasteiger partial charge in [0.25, 0.3) is 5.91 Å². The highest BCUT2D eigenvalue weighted by Gasteiger charge is 2.14. The summed E-state index contributed by atoms with van der Waals surface area (Å²) in [6.07, 6.45) is 3.01. The van der Waals surface area contributed by atoms with Gasteiger partial charge in [0.05, 0.1) is 11.3 Å². The van der Waals surface area contributed by atoms with E-state index in [1.807, 2.05) is 0 Å². The summed E-state index contributed by atoms with van der Waals surface area (Å²) in [6.45, 7) is 1.79. The molecule has 0 spiro atoms. The normalized spacial score (nSPS) is 10.1. The Bertz CT molecular complexity index is 522. The Labute approximate surface area is 97.2 Å². The fourth-order valence-corrected chi connectivity index (χ4v) is 1.42. The van der Waals surface area contributed by atoms with E-state index in [4.69, 9.17) is 16.0 Å². The van der Waals surface area contributed by atoms with Crippen molar-refractivity contribution in [2.75, 3.05) is 5.32 Å². The molecule has 0 aliphatic carbocycles. The zero-order valence-electron chi connectivity index (χ0n) is 8.53. The van der Waals surface area contributed by atoms with Gasteiger partial charge in [0.15, 0.2) is 11.6 Å². The number of amides is 1. The zero-order chi connectivity index (χ0) is 11.5. The smallest absolute Gasteiger partial charge is 0.292 e. The van der Waals surface area contributed by atoms with Crippen molar-refractivity contribution < 1.29 is 9.21 Å². The number of rotatable bonds is 2. The van der Waals surface area contributed by atoms with E-state index in [0.29, 0.717) is 10.8 Å². The average Bonchev–Trinajstić information content (AvgIpc) is 2.68. The second kappa shape index (κ2) is 4.37. The monoisotopic (exact) mass is 236 g/mol. The molecule has 1 amide bonds. The number of aryl methyl sites for hydroxylation is 1. The van der Waals surface area contributed by atoms with Crippen LogP contribution in [0.25, 0.3) is 0 Å². The molecule has 2 rings (SSSR count). The standard InChI is InChI=1S/C11H9ClN2O2/c1-7-4-6-16-9(7)11(15)14-10-8(12)3-2-5-13-10/h2-6H,1H3,(H,13,14,15). The Hall–Kier alpha value is -1.81. The highest BCUT2D eigenvalue weighted by Crippen LogP contribution is 2.19. The van der Waals surface area contributed by atoms with Gasteiger partial charge in [-0.15, -0.1) is 0 Å². The lowest BCUT2D eigenvalue weighted by Gasteiger charge is -2.04. The van der Waals surface area contributed by atoms with Gasteiger partial charge >= 0.3 is 0 Å². The van der Waals surface area contributed by atoms with Crippen LogP contribution in [0.5, 0.6) is 0 Å². The van der Waals surface area contributed by atoms with Crippen LogP contribution in [0.15, 0.2) is 35.1 Å². The SMILES string of the molecule is Cc1ccoc1C(=O)Nc1ncccc1Cl. The molecule has 0 saturated carbocycles. The molecule has 0 radical (unpaired) electrons. The number of carbonyl (C=O) groups is 1. The van der Waals surface area contributed by atoms with E-state index in [1.165, 1.54) is 6.26 Å². The average molecular weight is 237 g/mol. The van der Waals surface area contributed by atoms with Gasteiger partial charge in [0, 0.05) is 11.8 Å². The molecule has 0 aliphatic rings. The largest absolute Gasteiger partial charge is 0.459 e. The molecule has 16 heavy (non-hydrogen) atoms. The molecule has 0 saturated heterocycles. The third-order valence-electron chi connectivity index (χ3n) is 2.06. The van der Waals surface area contributed by atoms with Crippen LogP contribution in [0, 0.1) is 6.92 Å². The van der Waals surface area contributed by atoms with Crippen LogP contribution in [0.3, 0.4) is 0 Å². The molecule has 2 heterocycles. The molecule has 0 unspecified atom stereocenters. The van der Waals surface area contributed by atoms with Crippen molar-refractivity contribution in [1.82, 2.24) is 4.98 Å². The van der Waals surface area contributed by atoms with E-state index in [0.717, 1.165) is 5.56 Å². The number of nitrogens with zero attached hydrogens (tertiary/aromatic N) is 1. The number of aromatic nitrogens is 1. The van der Waals surface area contributed by atoms with Crippen molar-refractivity contribution in [1.29, 1.82) is 0 Å². The molecule has 0 aromatic carbocycles. The molecule has 4 nitrogen and oxygen atoms in total. The fourth-order valence-electron chi connectivity index (χ4n) is 1.25. The van der Waals surface area contributed by atoms with Crippen molar-refractivity contribution in [2.45, 2.75) is 6.92 Å². The first kappa shape index (κ1) is 10.7. The van der Waals surface area contributed by atoms with Crippen LogP contribution in [-0.2, 0) is 0 Å². The Morgan fingerprint density at radius 3 is 2.94 bits per heavy atom. The van der Waals surface area contributed by atoms with Gasteiger partial charge in [-0.2, -0.15) is 0 Å². The summed E-state index contributed by atoms with van der Waals surface area (Å²) in [6, 6.07) is 5.06. The first-order valence-electron chi connectivity index (χ1n) is 4.64. The number of furan rings is 1. The lowest BCUT2D eigenvalue weighted by Crippen LogP contribution is -2.13. The second-order valence-electron chi connectivity index (χ2n) is 3.22. The second-order valence-corrected chi connectivity index (χ2v) is 3.63. The summed E-state index contributed by atoms with van der Waals surface area (Å²) < 4.78 is 5.06. The number of hydrogen-bond acceptors (Lipinski definition) is 3. The van der Waals surface area contributed by atoms with E-state index in [1.54, 1.807) is 31.3 Å². The quantitative estimate of drug-likeness (QED) is 0.872. The van der Waals surface area contributed by atoms with Gasteiger partial charge in [0.2, 0.25) is 0 Å². The summed E-state index contributed by atoms with van der Waals surface area (Å²) >= 11 is 5.86. The number of carbonyl (C=O) groups excluding carboxylic acids is 1. The number of hydrogen-bond donors (Lipinski definition) is 1. The van der Waals surface area contributed by atoms with Crippen LogP contribution in [0.4, 0.5) is 5.82 Å². The fraction of sp³-hybridized carbons (Fsp3) is 0.0909. The van der Waals surface area contributed by atoms with Crippen molar-refractivity contribution >= 4 is 23.3 Å². The zero-order valence-corrected chi connectivity index (χ0v) is 9.28. The lowest BCUT2D eigenvalue weighted by molar-refractivity contribution is 0.0995. The predicted molar refractivity (Wildman–Crippen MR) is 60.6 cm³/mol. The molecular weight excluding hydrogens is 228 g/mol. The van der Waals surface area contributed by atoms with Gasteiger partial charge < -0.3 is 9.73 Å². The molecule has 0 aliphatic heterocycles. The van der Waals surface area contributed by atoms with Gasteiger partial charge in [0.1, 0.15) is 0 Å². The molecule has 1 N–H and O–H groups in total. The maximum Gasteiger partial charge on any atom is 0.292 e. The first-order chi connectivity index (χ1) is 7.68. The number of pyridine rings is 1. The van der Waals surface area contributed by atoms with Gasteiger partial charge in [-0.05, 0) is 25.1 Å². The Balaban J connectivity index is 2.21. The molecule has 5 heteroatoms. The van der Waals surface area contributed by atoms with E-state index < -0.39 is 0 Å². The number of halogens is 1. The van der Waals surface area contributed by atoms with Crippen molar-refractivity contribution in [3.63, 3.8) is 0 Å². The summed E-state index contributed by atoms with van der Waals surface area (Å²) in [5.41, 5.74) is 0.768. The molecule has 2 aromatic rings. The van der Waals surface area contributed by atoms with E-state index >= 15 is 0 Å². The lowest BCUT2D eigenvalue weighted by atomic mass is 10.3. The van der Waals surface area contributed by atoms with Gasteiger partial charge in [-0.3, -0.25) is 4.79 Å². The minimum atomic E-state index is -0.358. The van der Waals surface area contributed by atoms with E-state index in [9.17, 15) is 4.79 Å². The molecule has 2 aromatic heterocycles. The summed E-state index contributed by atoms with van der Waals surface area (Å²) in [5.74, 6) is 0.231. The molecular formula is C11H9ClN2O2. The molecule has 0 atom stereocenters. The first-order valence-corrected chi connectivity index (χ1v) is 5.02. The maximum absolute atomic E-state index is 11.7. The van der Waals surface area contributed by atoms with Crippen molar-refractivity contribution in [3.05, 3.63) is 47.0 Å². The number of nitrogens with one attached hydrogen (secondary N) is 1. The van der Waals surface area contributed by atoms with E-state index in [-0.39, 0.29) is 11.7 Å². The molecule has 0 fully saturated rings. The topological polar surface area (TPSA) is 55.1 Å². The van der Waals surface area contributed by atoms with E-state index in [2.05, 4.69) is 10.3 Å². The van der Waals surface area contributed by atoms with Gasteiger partial charge in [-0.25, -0.2) is 4.98 Å². The summed E-state index contributed by atoms with van der Waals surface area (Å²) in [7, 11) is 0. The Morgan fingerprint density at radius 1 is 1.50 bits per heavy atom. The third kappa shape index (κ3) is 2.06. The predicted octanol–water partition coefficient (Wildman–Crippen LogP) is 2.89. The van der Waals surface area contributed by atoms with Gasteiger partial charge in [-0.1, -0.05) is 11.6 Å². The highest BCUT2D eigenvalue weighted by molar-refractivity contribution is 6.33. The Kier molecular flexibility index (Phi) is 2.92. The van der Waals surface area contributed by atoms with Crippen LogP contribution in [0.1, 0.15) is 16.1 Å². The summed E-state index contributed by atoms with van der Waals surface area (Å²) in [5, 5.41) is 2.97. The maximum atomic E-state index is 11.7. The van der Waals surface area contributed by atoms with Crippen molar-refractivity contribution in [2.24, 2.45) is 0 Å². The Morgan fingerprint density at radius 2 is 2.31 bits per heavy atom. The van der Waals surface area contributed by atoms with Crippen LogP contribution in [0.2, 0.25) is 5.02 Å². The van der Waals surface area contributed by atoms with Crippen LogP contribution >= 0.6 is 11.6 Å². The third-order valence-corrected chi connectivity index (χ3v) is 2.36. The molecule has 0 bridgehead atoms. The number of anilines is 1. The minimum absolute atomic E-state index is 0.265. The van der Waals surface area contributed by atoms with Crippen LogP contribution in [-0.4, -0.2) is 10.9 Å². The minimum Gasteiger partial charge on any atom is -0.459 e. The summed E-state index contributed by atoms with van der Waals surface area (Å²) in [4.78, 5) is 15.7.